The molecular formula is C51H36N2. The van der Waals surface area contributed by atoms with Gasteiger partial charge in [-0.2, -0.15) is 0 Å². The number of aromatic nitrogens is 1. The second kappa shape index (κ2) is 12.8. The topological polar surface area (TPSA) is 24.9 Å². The lowest BCUT2D eigenvalue weighted by atomic mass is 9.67. The van der Waals surface area contributed by atoms with Gasteiger partial charge in [0.15, 0.2) is 0 Å². The summed E-state index contributed by atoms with van der Waals surface area (Å²) in [7, 11) is 0. The van der Waals surface area contributed by atoms with E-state index in [-0.39, 0.29) is 6.04 Å². The summed E-state index contributed by atoms with van der Waals surface area (Å²) in [4.78, 5) is 5.21. The van der Waals surface area contributed by atoms with Crippen LogP contribution in [0.5, 0.6) is 0 Å². The monoisotopic (exact) mass is 676 g/mol. The smallest absolute Gasteiger partial charge is 0.0869 e. The molecule has 1 N–H and O–H groups in total. The second-order valence-corrected chi connectivity index (χ2v) is 13.9. The minimum atomic E-state index is -0.417. The van der Waals surface area contributed by atoms with E-state index in [1.807, 2.05) is 12.3 Å². The molecule has 2 nitrogen and oxygen atoms in total. The van der Waals surface area contributed by atoms with Gasteiger partial charge < -0.3 is 5.32 Å². The summed E-state index contributed by atoms with van der Waals surface area (Å²) in [5.41, 5.74) is 16.5. The predicted octanol–water partition coefficient (Wildman–Crippen LogP) is 12.3. The molecule has 1 aliphatic carbocycles. The van der Waals surface area contributed by atoms with Crippen LogP contribution in [0.15, 0.2) is 206 Å². The standard InChI is InChI=1S/C51H36N2/c1-4-15-36(16-5-1)44-34-49(47-25-12-13-32-52-47)53-48-33-38(30-31-42(44)48)35-26-28-37(29-27-35)41-22-14-24-46-50(41)43-21-10-11-23-45(43)51(46,39-17-6-2-7-18-39)40-19-8-3-9-20-40/h1-34,47,52H. The zero-order valence-corrected chi connectivity index (χ0v) is 29.2. The summed E-state index contributed by atoms with van der Waals surface area (Å²) in [6.45, 7) is 0. The molecule has 1 unspecified atom stereocenters. The number of hydrogen-bond donors (Lipinski definition) is 1. The highest BCUT2D eigenvalue weighted by Gasteiger charge is 2.46. The molecule has 1 aliphatic heterocycles. The van der Waals surface area contributed by atoms with E-state index in [0.717, 1.165) is 22.2 Å². The van der Waals surface area contributed by atoms with Crippen LogP contribution in [-0.4, -0.2) is 4.98 Å². The van der Waals surface area contributed by atoms with E-state index in [0.29, 0.717) is 0 Å². The van der Waals surface area contributed by atoms with Gasteiger partial charge in [0.25, 0.3) is 0 Å². The van der Waals surface area contributed by atoms with Gasteiger partial charge in [-0.25, -0.2) is 0 Å². The fourth-order valence-electron chi connectivity index (χ4n) is 8.65. The molecule has 10 rings (SSSR count). The van der Waals surface area contributed by atoms with E-state index in [9.17, 15) is 0 Å². The van der Waals surface area contributed by atoms with E-state index in [4.69, 9.17) is 4.98 Å². The van der Waals surface area contributed by atoms with Crippen molar-refractivity contribution in [1.82, 2.24) is 10.3 Å². The van der Waals surface area contributed by atoms with Crippen molar-refractivity contribution in [2.45, 2.75) is 11.5 Å². The lowest BCUT2D eigenvalue weighted by molar-refractivity contribution is 0.725. The highest BCUT2D eigenvalue weighted by Crippen LogP contribution is 2.58. The average molecular weight is 677 g/mol. The van der Waals surface area contributed by atoms with E-state index in [2.05, 4.69) is 199 Å². The quantitative estimate of drug-likeness (QED) is 0.190. The zero-order valence-electron chi connectivity index (χ0n) is 29.2. The minimum absolute atomic E-state index is 0.0232. The Morgan fingerprint density at radius 2 is 1.06 bits per heavy atom. The van der Waals surface area contributed by atoms with Gasteiger partial charge in [-0.1, -0.05) is 182 Å². The van der Waals surface area contributed by atoms with Gasteiger partial charge in [0.1, 0.15) is 0 Å². The van der Waals surface area contributed by atoms with Crippen molar-refractivity contribution in [2.24, 2.45) is 0 Å². The van der Waals surface area contributed by atoms with E-state index >= 15 is 0 Å². The maximum absolute atomic E-state index is 5.21. The highest BCUT2D eigenvalue weighted by atomic mass is 14.9. The summed E-state index contributed by atoms with van der Waals surface area (Å²) in [5, 5.41) is 4.61. The number of pyridine rings is 1. The van der Waals surface area contributed by atoms with E-state index < -0.39 is 5.41 Å². The number of rotatable bonds is 6. The predicted molar refractivity (Wildman–Crippen MR) is 220 cm³/mol. The van der Waals surface area contributed by atoms with Crippen LogP contribution in [0, 0.1) is 0 Å². The molecule has 250 valence electrons. The lowest BCUT2D eigenvalue weighted by Gasteiger charge is -2.34. The van der Waals surface area contributed by atoms with Crippen LogP contribution in [0.25, 0.3) is 55.4 Å². The Morgan fingerprint density at radius 1 is 0.453 bits per heavy atom. The van der Waals surface area contributed by atoms with Gasteiger partial charge in [0, 0.05) is 5.39 Å². The number of nitrogens with zero attached hydrogens (tertiary/aromatic N) is 1. The third-order valence-corrected chi connectivity index (χ3v) is 11.0. The third kappa shape index (κ3) is 5.06. The van der Waals surface area contributed by atoms with Gasteiger partial charge in [0.05, 0.1) is 22.7 Å². The van der Waals surface area contributed by atoms with Crippen LogP contribution in [0.2, 0.25) is 0 Å². The largest absolute Gasteiger partial charge is 0.379 e. The van der Waals surface area contributed by atoms with Crippen molar-refractivity contribution < 1.29 is 0 Å². The van der Waals surface area contributed by atoms with Gasteiger partial charge in [-0.15, -0.1) is 0 Å². The van der Waals surface area contributed by atoms with Crippen LogP contribution in [0.1, 0.15) is 34.0 Å². The van der Waals surface area contributed by atoms with E-state index in [1.54, 1.807) is 0 Å². The highest BCUT2D eigenvalue weighted by molar-refractivity contribution is 5.98. The molecule has 0 bridgehead atoms. The van der Waals surface area contributed by atoms with Gasteiger partial charge in [-0.3, -0.25) is 4.98 Å². The lowest BCUT2D eigenvalue weighted by Crippen LogP contribution is -2.28. The minimum Gasteiger partial charge on any atom is -0.379 e. The van der Waals surface area contributed by atoms with Crippen molar-refractivity contribution in [2.75, 3.05) is 0 Å². The van der Waals surface area contributed by atoms with Gasteiger partial charge in [0.2, 0.25) is 0 Å². The number of nitrogens with one attached hydrogen (secondary N) is 1. The first-order chi connectivity index (χ1) is 26.3. The molecule has 7 aromatic carbocycles. The summed E-state index contributed by atoms with van der Waals surface area (Å²) in [5.74, 6) is 0. The van der Waals surface area contributed by atoms with Crippen molar-refractivity contribution in [1.29, 1.82) is 0 Å². The number of hydrogen-bond acceptors (Lipinski definition) is 2. The summed E-state index contributed by atoms with van der Waals surface area (Å²) >= 11 is 0. The molecule has 0 amide bonds. The molecule has 0 radical (unpaired) electrons. The molecule has 8 aromatic rings. The van der Waals surface area contributed by atoms with Crippen molar-refractivity contribution in [3.8, 4) is 44.5 Å². The fourth-order valence-corrected chi connectivity index (χ4v) is 8.65. The molecule has 0 saturated heterocycles. The molecule has 0 saturated carbocycles. The first kappa shape index (κ1) is 31.0. The van der Waals surface area contributed by atoms with Crippen molar-refractivity contribution >= 4 is 10.9 Å². The maximum Gasteiger partial charge on any atom is 0.0869 e. The fraction of sp³-hybridized carbons (Fsp3) is 0.0392. The Kier molecular flexibility index (Phi) is 7.47. The van der Waals surface area contributed by atoms with Crippen LogP contribution in [-0.2, 0) is 5.41 Å². The van der Waals surface area contributed by atoms with Gasteiger partial charge in [-0.05, 0) is 91.2 Å². The Hall–Kier alpha value is -6.77. The van der Waals surface area contributed by atoms with Crippen LogP contribution < -0.4 is 5.32 Å². The van der Waals surface area contributed by atoms with Gasteiger partial charge >= 0.3 is 0 Å². The SMILES string of the molecule is C1=CNC(c2cc(-c3ccccc3)c3ccc(-c4ccc(-c5cccc6c5-c5ccccc5C6(c5ccccc5)c5ccccc5)cc4)cc3n2)C=C1. The zero-order chi connectivity index (χ0) is 35.2. The average Bonchev–Trinajstić information content (AvgIpc) is 3.56. The maximum atomic E-state index is 5.21. The number of fused-ring (bicyclic) bond motifs is 4. The third-order valence-electron chi connectivity index (χ3n) is 11.0. The summed E-state index contributed by atoms with van der Waals surface area (Å²) < 4.78 is 0. The van der Waals surface area contributed by atoms with Crippen molar-refractivity contribution in [3.63, 3.8) is 0 Å². The molecule has 0 spiro atoms. The van der Waals surface area contributed by atoms with Crippen LogP contribution in [0.3, 0.4) is 0 Å². The van der Waals surface area contributed by atoms with E-state index in [1.165, 1.54) is 61.2 Å². The number of allylic oxidation sites excluding steroid dienone is 2. The first-order valence-electron chi connectivity index (χ1n) is 18.3. The second-order valence-electron chi connectivity index (χ2n) is 13.9. The Balaban J connectivity index is 1.09. The molecule has 2 heteroatoms. The normalized spacial score (nSPS) is 15.1. The molecule has 2 heterocycles. The Labute approximate surface area is 310 Å². The number of dihydropyridines is 1. The molecule has 53 heavy (non-hydrogen) atoms. The first-order valence-corrected chi connectivity index (χ1v) is 18.3. The molecule has 0 fully saturated rings. The summed E-state index contributed by atoms with van der Waals surface area (Å²) in [6, 6.07) is 66.5. The Morgan fingerprint density at radius 3 is 1.77 bits per heavy atom. The Bertz CT molecular complexity index is 2630. The molecule has 2 aliphatic rings. The molecule has 1 aromatic heterocycles. The van der Waals surface area contributed by atoms with Crippen LogP contribution >= 0.6 is 0 Å². The van der Waals surface area contributed by atoms with Crippen molar-refractivity contribution in [3.05, 3.63) is 234 Å². The molecule has 1 atom stereocenters. The number of benzene rings is 7. The summed E-state index contributed by atoms with van der Waals surface area (Å²) in [6.07, 6.45) is 8.24. The molecular weight excluding hydrogens is 641 g/mol. The van der Waals surface area contributed by atoms with Crippen LogP contribution in [0.4, 0.5) is 0 Å².